The maximum atomic E-state index is 12.9. The molecule has 1 aliphatic heterocycles. The number of anilines is 1. The molecule has 1 N–H and O–H groups in total. The number of benzene rings is 1. The molecule has 12 heteroatoms. The Morgan fingerprint density at radius 2 is 1.90 bits per heavy atom. The third kappa shape index (κ3) is 4.59. The third-order valence-corrected chi connectivity index (χ3v) is 7.52. The quantitative estimate of drug-likeness (QED) is 0.756. The Bertz CT molecular complexity index is 988. The number of amides is 1. The number of rotatable bonds is 5. The van der Waals surface area contributed by atoms with Crippen LogP contribution in [0.2, 0.25) is 0 Å². The zero-order chi connectivity index (χ0) is 21.4. The van der Waals surface area contributed by atoms with Crippen molar-refractivity contribution in [3.63, 3.8) is 0 Å². The van der Waals surface area contributed by atoms with Crippen LogP contribution < -0.4 is 5.32 Å². The van der Waals surface area contributed by atoms with Crippen LogP contribution in [-0.2, 0) is 21.0 Å². The van der Waals surface area contributed by atoms with E-state index < -0.39 is 33.7 Å². The number of hydrogen-bond donors (Lipinski definition) is 1. The SMILES string of the molecule is CC(C)c1nnc(NC(=O)[C@@H]2CCCN2S(=O)(=O)c2ccc(C(F)(F)F)cc2)s1. The molecule has 1 amide bonds. The molecule has 0 radical (unpaired) electrons. The third-order valence-electron chi connectivity index (χ3n) is 4.46. The predicted molar refractivity (Wildman–Crippen MR) is 101 cm³/mol. The fraction of sp³-hybridized carbons (Fsp3) is 0.471. The van der Waals surface area contributed by atoms with E-state index in [9.17, 15) is 26.4 Å². The summed E-state index contributed by atoms with van der Waals surface area (Å²) in [5.41, 5.74) is -0.940. The number of nitrogens with zero attached hydrogens (tertiary/aromatic N) is 3. The van der Waals surface area contributed by atoms with Crippen molar-refractivity contribution in [3.8, 4) is 0 Å². The first kappa shape index (κ1) is 21.7. The van der Waals surface area contributed by atoms with Gasteiger partial charge in [-0.2, -0.15) is 17.5 Å². The van der Waals surface area contributed by atoms with Crippen LogP contribution in [0.3, 0.4) is 0 Å². The van der Waals surface area contributed by atoms with E-state index in [1.54, 1.807) is 0 Å². The number of sulfonamides is 1. The van der Waals surface area contributed by atoms with Gasteiger partial charge in [0.05, 0.1) is 10.5 Å². The van der Waals surface area contributed by atoms with Gasteiger partial charge < -0.3 is 0 Å². The van der Waals surface area contributed by atoms with Crippen molar-refractivity contribution in [2.45, 2.75) is 49.7 Å². The van der Waals surface area contributed by atoms with Gasteiger partial charge in [-0.1, -0.05) is 25.2 Å². The average molecular weight is 448 g/mol. The van der Waals surface area contributed by atoms with E-state index in [4.69, 9.17) is 0 Å². The topological polar surface area (TPSA) is 92.3 Å². The Labute approximate surface area is 170 Å². The predicted octanol–water partition coefficient (Wildman–Crippen LogP) is 3.47. The van der Waals surface area contributed by atoms with E-state index in [0.717, 1.165) is 21.4 Å². The van der Waals surface area contributed by atoms with E-state index in [1.807, 2.05) is 13.8 Å². The summed E-state index contributed by atoms with van der Waals surface area (Å²) < 4.78 is 65.0. The van der Waals surface area contributed by atoms with Crippen molar-refractivity contribution < 1.29 is 26.4 Å². The molecule has 1 atom stereocenters. The van der Waals surface area contributed by atoms with Crippen molar-refractivity contribution in [2.75, 3.05) is 11.9 Å². The molecule has 1 saturated heterocycles. The fourth-order valence-electron chi connectivity index (χ4n) is 2.95. The minimum absolute atomic E-state index is 0.106. The summed E-state index contributed by atoms with van der Waals surface area (Å²) in [4.78, 5) is 12.4. The number of nitrogens with one attached hydrogen (secondary N) is 1. The second kappa shape index (κ2) is 8.00. The minimum atomic E-state index is -4.56. The summed E-state index contributed by atoms with van der Waals surface area (Å²) >= 11 is 1.21. The molecule has 0 saturated carbocycles. The highest BCUT2D eigenvalue weighted by atomic mass is 32.2. The lowest BCUT2D eigenvalue weighted by Crippen LogP contribution is -2.43. The van der Waals surface area contributed by atoms with Crippen LogP contribution >= 0.6 is 11.3 Å². The molecule has 7 nitrogen and oxygen atoms in total. The number of hydrogen-bond acceptors (Lipinski definition) is 6. The van der Waals surface area contributed by atoms with Gasteiger partial charge in [0.25, 0.3) is 0 Å². The molecule has 2 aromatic rings. The molecule has 0 spiro atoms. The Kier molecular flexibility index (Phi) is 5.97. The fourth-order valence-corrected chi connectivity index (χ4v) is 5.35. The van der Waals surface area contributed by atoms with Crippen molar-refractivity contribution in [1.29, 1.82) is 0 Å². The van der Waals surface area contributed by atoms with Crippen LogP contribution in [0.15, 0.2) is 29.2 Å². The highest BCUT2D eigenvalue weighted by Gasteiger charge is 2.40. The monoisotopic (exact) mass is 448 g/mol. The molecule has 1 aliphatic rings. The lowest BCUT2D eigenvalue weighted by Gasteiger charge is -2.23. The van der Waals surface area contributed by atoms with Gasteiger partial charge in [-0.15, -0.1) is 10.2 Å². The molecule has 0 bridgehead atoms. The van der Waals surface area contributed by atoms with Crippen LogP contribution in [-0.4, -0.2) is 41.4 Å². The van der Waals surface area contributed by atoms with Crippen molar-refractivity contribution >= 4 is 32.4 Å². The van der Waals surface area contributed by atoms with Crippen LogP contribution in [0.4, 0.5) is 18.3 Å². The minimum Gasteiger partial charge on any atom is -0.299 e. The van der Waals surface area contributed by atoms with Gasteiger partial charge in [-0.25, -0.2) is 8.42 Å². The van der Waals surface area contributed by atoms with Gasteiger partial charge >= 0.3 is 6.18 Å². The largest absolute Gasteiger partial charge is 0.416 e. The van der Waals surface area contributed by atoms with Gasteiger partial charge in [-0.3, -0.25) is 10.1 Å². The van der Waals surface area contributed by atoms with E-state index in [2.05, 4.69) is 15.5 Å². The summed E-state index contributed by atoms with van der Waals surface area (Å²) in [5.74, 6) is -0.398. The van der Waals surface area contributed by atoms with Crippen molar-refractivity contribution in [1.82, 2.24) is 14.5 Å². The molecule has 1 aromatic carbocycles. The first-order valence-electron chi connectivity index (χ1n) is 8.83. The average Bonchev–Trinajstić information content (AvgIpc) is 3.31. The summed E-state index contributed by atoms with van der Waals surface area (Å²) in [6.45, 7) is 3.97. The Hall–Kier alpha value is -2.05. The highest BCUT2D eigenvalue weighted by Crippen LogP contribution is 2.32. The number of aromatic nitrogens is 2. The molecule has 29 heavy (non-hydrogen) atoms. The Balaban J connectivity index is 1.78. The molecule has 158 valence electrons. The molecule has 2 heterocycles. The first-order valence-corrected chi connectivity index (χ1v) is 11.1. The molecular weight excluding hydrogens is 429 g/mol. The van der Waals surface area contributed by atoms with Crippen molar-refractivity contribution in [2.24, 2.45) is 0 Å². The standard InChI is InChI=1S/C17H19F3N4O3S2/c1-10(2)15-22-23-16(28-15)21-14(25)13-4-3-9-24(13)29(26,27)12-7-5-11(6-8-12)17(18,19)20/h5-8,10,13H,3-4,9H2,1-2H3,(H,21,23,25)/t13-/m0/s1. The number of carbonyl (C=O) groups excluding carboxylic acids is 1. The van der Waals surface area contributed by atoms with E-state index in [0.29, 0.717) is 25.0 Å². The van der Waals surface area contributed by atoms with Gasteiger partial charge in [0.15, 0.2) is 0 Å². The molecule has 1 fully saturated rings. The molecule has 1 aromatic heterocycles. The number of alkyl halides is 3. The molecule has 0 unspecified atom stereocenters. The maximum absolute atomic E-state index is 12.9. The van der Waals surface area contributed by atoms with Crippen LogP contribution in [0, 0.1) is 0 Å². The Morgan fingerprint density at radius 1 is 1.24 bits per heavy atom. The Morgan fingerprint density at radius 3 is 2.45 bits per heavy atom. The van der Waals surface area contributed by atoms with Gasteiger partial charge in [0, 0.05) is 12.5 Å². The lowest BCUT2D eigenvalue weighted by atomic mass is 10.2. The zero-order valence-corrected chi connectivity index (χ0v) is 17.2. The summed E-state index contributed by atoms with van der Waals surface area (Å²) in [7, 11) is -4.12. The van der Waals surface area contributed by atoms with Crippen LogP contribution in [0.5, 0.6) is 0 Å². The molecular formula is C17H19F3N4O3S2. The summed E-state index contributed by atoms with van der Waals surface area (Å²) in [6.07, 6.45) is -3.79. The summed E-state index contributed by atoms with van der Waals surface area (Å²) in [5, 5.41) is 11.5. The zero-order valence-electron chi connectivity index (χ0n) is 15.6. The van der Waals surface area contributed by atoms with Crippen LogP contribution in [0.25, 0.3) is 0 Å². The second-order valence-electron chi connectivity index (χ2n) is 6.89. The number of halogens is 3. The molecule has 3 rings (SSSR count). The smallest absolute Gasteiger partial charge is 0.299 e. The first-order chi connectivity index (χ1) is 13.5. The normalized spacial score (nSPS) is 18.3. The van der Waals surface area contributed by atoms with E-state index in [1.165, 1.54) is 11.3 Å². The lowest BCUT2D eigenvalue weighted by molar-refractivity contribution is -0.137. The maximum Gasteiger partial charge on any atom is 0.416 e. The van der Waals surface area contributed by atoms with E-state index in [-0.39, 0.29) is 22.5 Å². The second-order valence-corrected chi connectivity index (χ2v) is 9.78. The van der Waals surface area contributed by atoms with Gasteiger partial charge in [0.2, 0.25) is 21.1 Å². The number of carbonyl (C=O) groups is 1. The summed E-state index contributed by atoms with van der Waals surface area (Å²) in [6, 6.07) is 2.28. The molecule has 0 aliphatic carbocycles. The van der Waals surface area contributed by atoms with Gasteiger partial charge in [-0.05, 0) is 37.1 Å². The van der Waals surface area contributed by atoms with Crippen LogP contribution in [0.1, 0.15) is 43.2 Å². The van der Waals surface area contributed by atoms with Gasteiger partial charge in [0.1, 0.15) is 11.0 Å². The van der Waals surface area contributed by atoms with Crippen molar-refractivity contribution in [3.05, 3.63) is 34.8 Å². The highest BCUT2D eigenvalue weighted by molar-refractivity contribution is 7.89. The van der Waals surface area contributed by atoms with E-state index >= 15 is 0 Å².